The van der Waals surface area contributed by atoms with Gasteiger partial charge < -0.3 is 4.90 Å². The van der Waals surface area contributed by atoms with Crippen LogP contribution in [0.4, 0.5) is 0 Å². The predicted octanol–water partition coefficient (Wildman–Crippen LogP) is 1.51. The summed E-state index contributed by atoms with van der Waals surface area (Å²) in [5.41, 5.74) is 0. The Balaban J connectivity index is 1.48. The van der Waals surface area contributed by atoms with Crippen molar-refractivity contribution in [2.75, 3.05) is 32.7 Å². The maximum Gasteiger partial charge on any atom is 0.222 e. The van der Waals surface area contributed by atoms with Crippen molar-refractivity contribution in [2.45, 2.75) is 25.3 Å². The molecule has 1 aromatic rings. The maximum atomic E-state index is 11.6. The Kier molecular flexibility index (Phi) is 3.88. The zero-order chi connectivity index (χ0) is 13.2. The summed E-state index contributed by atoms with van der Waals surface area (Å²) in [6, 6.07) is 0.473. The molecule has 3 rings (SSSR count). The minimum Gasteiger partial charge on any atom is -0.341 e. The maximum absolute atomic E-state index is 11.6. The number of carbonyl (C=O) groups excluding carboxylic acids is 1. The summed E-state index contributed by atoms with van der Waals surface area (Å²) in [7, 11) is 0. The number of hydrogen-bond acceptors (Lipinski definition) is 3. The molecule has 0 radical (unpaired) electrons. The first-order chi connectivity index (χ1) is 9.22. The summed E-state index contributed by atoms with van der Waals surface area (Å²) in [5.74, 6) is 0.326. The molecule has 0 spiro atoms. The van der Waals surface area contributed by atoms with Gasteiger partial charge in [0.2, 0.25) is 5.91 Å². The van der Waals surface area contributed by atoms with Crippen molar-refractivity contribution >= 4 is 21.8 Å². The van der Waals surface area contributed by atoms with Crippen LogP contribution in [0.2, 0.25) is 0 Å². The lowest BCUT2D eigenvalue weighted by molar-refractivity contribution is -0.127. The van der Waals surface area contributed by atoms with Gasteiger partial charge in [0.15, 0.2) is 0 Å². The fraction of sp³-hybridized carbons (Fsp3) is 0.692. The number of nitrogens with zero attached hydrogens (tertiary/aromatic N) is 4. The van der Waals surface area contributed by atoms with Crippen molar-refractivity contribution in [2.24, 2.45) is 0 Å². The van der Waals surface area contributed by atoms with Gasteiger partial charge in [-0.25, -0.2) is 0 Å². The standard InChI is InChI=1S/C13H19BrN4O/c14-11-8-15-18(9-11)12-3-5-16(10-12)6-7-17-4-1-2-13(17)19/h8-9,12H,1-7,10H2. The second kappa shape index (κ2) is 5.63. The van der Waals surface area contributed by atoms with E-state index in [2.05, 4.69) is 25.9 Å². The number of rotatable bonds is 4. The highest BCUT2D eigenvalue weighted by molar-refractivity contribution is 9.10. The van der Waals surface area contributed by atoms with Gasteiger partial charge in [-0.3, -0.25) is 14.4 Å². The van der Waals surface area contributed by atoms with Gasteiger partial charge in [0.25, 0.3) is 0 Å². The van der Waals surface area contributed by atoms with Gasteiger partial charge in [-0.2, -0.15) is 5.10 Å². The van der Waals surface area contributed by atoms with E-state index in [0.29, 0.717) is 11.9 Å². The van der Waals surface area contributed by atoms with Crippen LogP contribution in [-0.2, 0) is 4.79 Å². The molecule has 2 aliphatic heterocycles. The molecule has 2 fully saturated rings. The summed E-state index contributed by atoms with van der Waals surface area (Å²) in [5, 5.41) is 4.36. The van der Waals surface area contributed by atoms with Crippen molar-refractivity contribution in [3.05, 3.63) is 16.9 Å². The minimum absolute atomic E-state index is 0.326. The molecule has 1 unspecified atom stereocenters. The van der Waals surface area contributed by atoms with Crippen molar-refractivity contribution in [1.29, 1.82) is 0 Å². The van der Waals surface area contributed by atoms with Crippen LogP contribution in [-0.4, -0.2) is 58.2 Å². The summed E-state index contributed by atoms with van der Waals surface area (Å²) in [4.78, 5) is 16.0. The van der Waals surface area contributed by atoms with Crippen LogP contribution in [0.15, 0.2) is 16.9 Å². The quantitative estimate of drug-likeness (QED) is 0.842. The summed E-state index contributed by atoms with van der Waals surface area (Å²) >= 11 is 3.44. The molecule has 6 heteroatoms. The molecule has 1 atom stereocenters. The first-order valence-electron chi connectivity index (χ1n) is 6.92. The van der Waals surface area contributed by atoms with Crippen LogP contribution in [0.5, 0.6) is 0 Å². The molecule has 0 aromatic carbocycles. The Morgan fingerprint density at radius 2 is 2.26 bits per heavy atom. The second-order valence-corrected chi connectivity index (χ2v) is 6.28. The zero-order valence-electron chi connectivity index (χ0n) is 11.0. The highest BCUT2D eigenvalue weighted by Gasteiger charge is 2.26. The topological polar surface area (TPSA) is 41.4 Å². The Morgan fingerprint density at radius 1 is 1.37 bits per heavy atom. The number of hydrogen-bond donors (Lipinski definition) is 0. The van der Waals surface area contributed by atoms with E-state index in [4.69, 9.17) is 0 Å². The van der Waals surface area contributed by atoms with Crippen LogP contribution in [0.25, 0.3) is 0 Å². The van der Waals surface area contributed by atoms with E-state index in [9.17, 15) is 4.79 Å². The second-order valence-electron chi connectivity index (χ2n) is 5.37. The van der Waals surface area contributed by atoms with Crippen molar-refractivity contribution in [3.8, 4) is 0 Å². The molecule has 19 heavy (non-hydrogen) atoms. The van der Waals surface area contributed by atoms with Gasteiger partial charge in [-0.1, -0.05) is 0 Å². The van der Waals surface area contributed by atoms with Crippen LogP contribution in [0.3, 0.4) is 0 Å². The highest BCUT2D eigenvalue weighted by Crippen LogP contribution is 2.22. The van der Waals surface area contributed by atoms with Crippen LogP contribution in [0, 0.1) is 0 Å². The van der Waals surface area contributed by atoms with Crippen molar-refractivity contribution < 1.29 is 4.79 Å². The van der Waals surface area contributed by atoms with E-state index >= 15 is 0 Å². The van der Waals surface area contributed by atoms with E-state index in [1.165, 1.54) is 0 Å². The Hall–Kier alpha value is -0.880. The molecule has 0 aliphatic carbocycles. The van der Waals surface area contributed by atoms with Gasteiger partial charge in [0, 0.05) is 45.3 Å². The van der Waals surface area contributed by atoms with Gasteiger partial charge >= 0.3 is 0 Å². The fourth-order valence-corrected chi connectivity index (χ4v) is 3.25. The summed E-state index contributed by atoms with van der Waals surface area (Å²) in [6.07, 6.45) is 6.79. The number of carbonyl (C=O) groups is 1. The molecule has 0 bridgehead atoms. The molecule has 3 heterocycles. The van der Waals surface area contributed by atoms with Gasteiger partial charge in [-0.05, 0) is 28.8 Å². The molecule has 2 aliphatic rings. The molecule has 0 N–H and O–H groups in total. The molecular weight excluding hydrogens is 308 g/mol. The highest BCUT2D eigenvalue weighted by atomic mass is 79.9. The van der Waals surface area contributed by atoms with E-state index in [1.807, 2.05) is 22.0 Å². The lowest BCUT2D eigenvalue weighted by Crippen LogP contribution is -2.34. The number of amides is 1. The molecule has 1 amide bonds. The summed E-state index contributed by atoms with van der Waals surface area (Å²) in [6.45, 7) is 4.96. The van der Waals surface area contributed by atoms with Crippen LogP contribution in [0.1, 0.15) is 25.3 Å². The average molecular weight is 327 g/mol. The largest absolute Gasteiger partial charge is 0.341 e. The SMILES string of the molecule is O=C1CCCN1CCN1CCC(n2cc(Br)cn2)C1. The smallest absolute Gasteiger partial charge is 0.222 e. The average Bonchev–Trinajstić information content (AvgIpc) is 3.08. The third-order valence-electron chi connectivity index (χ3n) is 4.05. The van der Waals surface area contributed by atoms with Crippen LogP contribution >= 0.6 is 15.9 Å². The molecule has 104 valence electrons. The van der Waals surface area contributed by atoms with Gasteiger partial charge in [0.1, 0.15) is 0 Å². The number of aromatic nitrogens is 2. The molecular formula is C13H19BrN4O. The van der Waals surface area contributed by atoms with Gasteiger partial charge in [-0.15, -0.1) is 0 Å². The van der Waals surface area contributed by atoms with E-state index < -0.39 is 0 Å². The number of likely N-dealkylation sites (tertiary alicyclic amines) is 2. The fourth-order valence-electron chi connectivity index (χ4n) is 2.95. The molecule has 2 saturated heterocycles. The zero-order valence-corrected chi connectivity index (χ0v) is 12.5. The first-order valence-corrected chi connectivity index (χ1v) is 7.71. The Bertz CT molecular complexity index is 461. The van der Waals surface area contributed by atoms with Crippen LogP contribution < -0.4 is 0 Å². The Morgan fingerprint density at radius 3 is 2.95 bits per heavy atom. The van der Waals surface area contributed by atoms with Gasteiger partial charge in [0.05, 0.1) is 16.7 Å². The van der Waals surface area contributed by atoms with Crippen molar-refractivity contribution in [1.82, 2.24) is 19.6 Å². The normalized spacial score (nSPS) is 24.6. The predicted molar refractivity (Wildman–Crippen MR) is 75.8 cm³/mol. The number of halogens is 1. The minimum atomic E-state index is 0.326. The third-order valence-corrected chi connectivity index (χ3v) is 4.46. The van der Waals surface area contributed by atoms with E-state index in [-0.39, 0.29) is 0 Å². The summed E-state index contributed by atoms with van der Waals surface area (Å²) < 4.78 is 3.08. The monoisotopic (exact) mass is 326 g/mol. The lowest BCUT2D eigenvalue weighted by atomic mass is 10.3. The molecule has 1 aromatic heterocycles. The van der Waals surface area contributed by atoms with E-state index in [0.717, 1.165) is 56.5 Å². The van der Waals surface area contributed by atoms with Crippen molar-refractivity contribution in [3.63, 3.8) is 0 Å². The Labute approximate surface area is 121 Å². The van der Waals surface area contributed by atoms with E-state index in [1.54, 1.807) is 0 Å². The molecule has 5 nitrogen and oxygen atoms in total. The molecule has 0 saturated carbocycles. The lowest BCUT2D eigenvalue weighted by Gasteiger charge is -2.21. The first kappa shape index (κ1) is 13.1. The third kappa shape index (κ3) is 3.00.